The minimum absolute atomic E-state index is 0.408. The van der Waals surface area contributed by atoms with Gasteiger partial charge in [0.25, 0.3) is 0 Å². The van der Waals surface area contributed by atoms with Gasteiger partial charge >= 0.3 is 0 Å². The van der Waals surface area contributed by atoms with Crippen molar-refractivity contribution in [3.63, 3.8) is 0 Å². The highest BCUT2D eigenvalue weighted by molar-refractivity contribution is 5.06. The summed E-state index contributed by atoms with van der Waals surface area (Å²) in [7, 11) is 0. The molecule has 2 saturated heterocycles. The molecule has 3 fully saturated rings. The average Bonchev–Trinajstić information content (AvgIpc) is 2.92. The quantitative estimate of drug-likeness (QED) is 0.811. The second-order valence-corrected chi connectivity index (χ2v) is 7.47. The molecule has 2 heteroatoms. The molecule has 0 aromatic rings. The molecule has 0 bridgehead atoms. The second-order valence-electron chi connectivity index (χ2n) is 7.47. The molecule has 104 valence electrons. The molecule has 1 saturated carbocycles. The summed E-state index contributed by atoms with van der Waals surface area (Å²) < 4.78 is 0. The highest BCUT2D eigenvalue weighted by atomic mass is 15.3. The number of likely N-dealkylation sites (tertiary alicyclic amines) is 1. The van der Waals surface area contributed by atoms with Crippen LogP contribution in [-0.4, -0.2) is 36.1 Å². The molecule has 1 N–H and O–H groups in total. The first-order chi connectivity index (χ1) is 8.60. The third-order valence-electron chi connectivity index (χ3n) is 6.24. The van der Waals surface area contributed by atoms with Crippen LogP contribution in [-0.2, 0) is 0 Å². The standard InChI is InChI=1S/C16H30N2/c1-12(13-7-5-4-6-8-13)18-11-14-9-17-10-15(14)16(18,2)3/h12-15,17H,4-11H2,1-3H3. The van der Waals surface area contributed by atoms with Gasteiger partial charge in [-0.05, 0) is 57.9 Å². The lowest BCUT2D eigenvalue weighted by molar-refractivity contribution is 0.0542. The zero-order valence-corrected chi connectivity index (χ0v) is 12.4. The molecule has 2 heterocycles. The van der Waals surface area contributed by atoms with Crippen molar-refractivity contribution in [2.24, 2.45) is 17.8 Å². The first-order valence-corrected chi connectivity index (χ1v) is 8.08. The molecule has 0 aromatic heterocycles. The largest absolute Gasteiger partial charge is 0.316 e. The van der Waals surface area contributed by atoms with E-state index in [1.165, 1.54) is 51.7 Å². The summed E-state index contributed by atoms with van der Waals surface area (Å²) in [6.07, 6.45) is 7.36. The molecule has 3 rings (SSSR count). The average molecular weight is 250 g/mol. The minimum atomic E-state index is 0.408. The molecule has 3 atom stereocenters. The van der Waals surface area contributed by atoms with E-state index >= 15 is 0 Å². The Balaban J connectivity index is 1.71. The van der Waals surface area contributed by atoms with Gasteiger partial charge in [0.15, 0.2) is 0 Å². The number of fused-ring (bicyclic) bond motifs is 1. The lowest BCUT2D eigenvalue weighted by Gasteiger charge is -2.43. The first-order valence-electron chi connectivity index (χ1n) is 8.08. The van der Waals surface area contributed by atoms with Crippen molar-refractivity contribution in [2.45, 2.75) is 64.5 Å². The van der Waals surface area contributed by atoms with Crippen LogP contribution in [0.3, 0.4) is 0 Å². The zero-order valence-electron chi connectivity index (χ0n) is 12.4. The van der Waals surface area contributed by atoms with Gasteiger partial charge in [0.1, 0.15) is 0 Å². The van der Waals surface area contributed by atoms with Gasteiger partial charge in [-0.3, -0.25) is 4.90 Å². The first kappa shape index (κ1) is 12.9. The van der Waals surface area contributed by atoms with Crippen molar-refractivity contribution in [3.8, 4) is 0 Å². The predicted molar refractivity (Wildman–Crippen MR) is 76.7 cm³/mol. The number of nitrogens with one attached hydrogen (secondary N) is 1. The van der Waals surface area contributed by atoms with Crippen molar-refractivity contribution < 1.29 is 0 Å². The maximum atomic E-state index is 3.59. The second kappa shape index (κ2) is 4.79. The van der Waals surface area contributed by atoms with E-state index in [0.717, 1.165) is 23.8 Å². The van der Waals surface area contributed by atoms with Gasteiger partial charge in [0.05, 0.1) is 0 Å². The van der Waals surface area contributed by atoms with Crippen molar-refractivity contribution in [3.05, 3.63) is 0 Å². The molecular formula is C16H30N2. The van der Waals surface area contributed by atoms with Crippen LogP contribution in [0, 0.1) is 17.8 Å². The fourth-order valence-electron chi connectivity index (χ4n) is 5.01. The van der Waals surface area contributed by atoms with Crippen molar-refractivity contribution in [1.82, 2.24) is 10.2 Å². The highest BCUT2D eigenvalue weighted by Crippen LogP contribution is 2.44. The molecule has 18 heavy (non-hydrogen) atoms. The van der Waals surface area contributed by atoms with Crippen LogP contribution in [0.15, 0.2) is 0 Å². The van der Waals surface area contributed by atoms with Crippen LogP contribution in [0.25, 0.3) is 0 Å². The Morgan fingerprint density at radius 1 is 1.11 bits per heavy atom. The Morgan fingerprint density at radius 3 is 2.50 bits per heavy atom. The topological polar surface area (TPSA) is 15.3 Å². The van der Waals surface area contributed by atoms with Crippen LogP contribution >= 0.6 is 0 Å². The lowest BCUT2D eigenvalue weighted by atomic mass is 9.81. The van der Waals surface area contributed by atoms with Crippen LogP contribution in [0.2, 0.25) is 0 Å². The normalized spacial score (nSPS) is 38.8. The van der Waals surface area contributed by atoms with Gasteiger partial charge < -0.3 is 5.32 Å². The summed E-state index contributed by atoms with van der Waals surface area (Å²) in [4.78, 5) is 2.86. The van der Waals surface area contributed by atoms with E-state index in [9.17, 15) is 0 Å². The molecule has 1 aliphatic carbocycles. The smallest absolute Gasteiger partial charge is 0.0200 e. The summed E-state index contributed by atoms with van der Waals surface area (Å²) in [5, 5.41) is 3.59. The maximum Gasteiger partial charge on any atom is 0.0200 e. The Labute approximate surface area is 113 Å². The van der Waals surface area contributed by atoms with E-state index in [0.29, 0.717) is 5.54 Å². The van der Waals surface area contributed by atoms with Crippen molar-refractivity contribution in [1.29, 1.82) is 0 Å². The summed E-state index contributed by atoms with van der Waals surface area (Å²) in [6.45, 7) is 11.3. The van der Waals surface area contributed by atoms with E-state index in [1.807, 2.05) is 0 Å². The van der Waals surface area contributed by atoms with Gasteiger partial charge in [-0.2, -0.15) is 0 Å². The fourth-order valence-corrected chi connectivity index (χ4v) is 5.01. The Kier molecular flexibility index (Phi) is 3.44. The van der Waals surface area contributed by atoms with Gasteiger partial charge in [0, 0.05) is 24.7 Å². The van der Waals surface area contributed by atoms with Crippen LogP contribution in [0.1, 0.15) is 52.9 Å². The molecule has 0 amide bonds. The van der Waals surface area contributed by atoms with E-state index in [1.54, 1.807) is 0 Å². The molecule has 2 nitrogen and oxygen atoms in total. The Bertz CT molecular complexity index is 293. The number of nitrogens with zero attached hydrogens (tertiary/aromatic N) is 1. The molecule has 3 aliphatic rings. The molecule has 2 aliphatic heterocycles. The van der Waals surface area contributed by atoms with E-state index in [2.05, 4.69) is 31.0 Å². The number of hydrogen-bond acceptors (Lipinski definition) is 2. The third kappa shape index (κ3) is 2.02. The number of rotatable bonds is 2. The predicted octanol–water partition coefficient (Wildman–Crippen LogP) is 2.89. The lowest BCUT2D eigenvalue weighted by Crippen LogP contribution is -2.51. The van der Waals surface area contributed by atoms with Crippen LogP contribution in [0.4, 0.5) is 0 Å². The Morgan fingerprint density at radius 2 is 1.83 bits per heavy atom. The molecule has 0 aromatic carbocycles. The maximum absolute atomic E-state index is 3.59. The SMILES string of the molecule is CC(C1CCCCC1)N1CC2CNCC2C1(C)C. The fraction of sp³-hybridized carbons (Fsp3) is 1.00. The minimum Gasteiger partial charge on any atom is -0.316 e. The summed E-state index contributed by atoms with van der Waals surface area (Å²) in [5.74, 6) is 2.75. The summed E-state index contributed by atoms with van der Waals surface area (Å²) in [5.41, 5.74) is 0.408. The summed E-state index contributed by atoms with van der Waals surface area (Å²) in [6, 6.07) is 0.797. The summed E-state index contributed by atoms with van der Waals surface area (Å²) >= 11 is 0. The van der Waals surface area contributed by atoms with Gasteiger partial charge in [-0.15, -0.1) is 0 Å². The number of hydrogen-bond donors (Lipinski definition) is 1. The van der Waals surface area contributed by atoms with Gasteiger partial charge in [0.2, 0.25) is 0 Å². The van der Waals surface area contributed by atoms with Gasteiger partial charge in [-0.25, -0.2) is 0 Å². The highest BCUT2D eigenvalue weighted by Gasteiger charge is 2.51. The monoisotopic (exact) mass is 250 g/mol. The third-order valence-corrected chi connectivity index (χ3v) is 6.24. The molecule has 0 radical (unpaired) electrons. The zero-order chi connectivity index (χ0) is 12.8. The van der Waals surface area contributed by atoms with Gasteiger partial charge in [-0.1, -0.05) is 19.3 Å². The Hall–Kier alpha value is -0.0800. The molecule has 0 spiro atoms. The molecule has 3 unspecified atom stereocenters. The van der Waals surface area contributed by atoms with Crippen LogP contribution < -0.4 is 5.32 Å². The van der Waals surface area contributed by atoms with Crippen LogP contribution in [0.5, 0.6) is 0 Å². The van der Waals surface area contributed by atoms with Crippen molar-refractivity contribution >= 4 is 0 Å². The van der Waals surface area contributed by atoms with E-state index in [4.69, 9.17) is 0 Å². The molecular weight excluding hydrogens is 220 g/mol. The van der Waals surface area contributed by atoms with E-state index < -0.39 is 0 Å². The van der Waals surface area contributed by atoms with E-state index in [-0.39, 0.29) is 0 Å². The van der Waals surface area contributed by atoms with Crippen molar-refractivity contribution in [2.75, 3.05) is 19.6 Å².